The molecule has 1 aliphatic rings. The highest BCUT2D eigenvalue weighted by Gasteiger charge is 2.27. The molecule has 0 spiro atoms. The highest BCUT2D eigenvalue weighted by atomic mass is 16.5. The zero-order chi connectivity index (χ0) is 19.1. The number of piperidine rings is 1. The number of benzene rings is 1. The molecule has 6 nitrogen and oxygen atoms in total. The molecular weight excluding hydrogens is 332 g/mol. The second kappa shape index (κ2) is 9.17. The van der Waals surface area contributed by atoms with Crippen molar-refractivity contribution in [2.45, 2.75) is 39.7 Å². The van der Waals surface area contributed by atoms with Gasteiger partial charge < -0.3 is 15.0 Å². The maximum Gasteiger partial charge on any atom is 0.355 e. The van der Waals surface area contributed by atoms with E-state index in [-0.39, 0.29) is 17.5 Å². The first kappa shape index (κ1) is 19.7. The molecule has 2 amide bonds. The van der Waals surface area contributed by atoms with Crippen LogP contribution in [0.25, 0.3) is 6.08 Å². The van der Waals surface area contributed by atoms with Crippen molar-refractivity contribution in [3.63, 3.8) is 0 Å². The average Bonchev–Trinajstić information content (AvgIpc) is 2.61. The standard InChI is InChI=1S/C20H26N2O4/c1-14-9-11-22(12-10-14)19(24)15(2)26-20(25)18(21-16(3)23)13-17-7-5-4-6-8-17/h4-8,13-15H,9-12H2,1-3H3,(H,21,23)/b18-13-/t15-/m0/s1. The summed E-state index contributed by atoms with van der Waals surface area (Å²) in [6.07, 6.45) is 2.54. The van der Waals surface area contributed by atoms with Gasteiger partial charge in [-0.25, -0.2) is 4.79 Å². The van der Waals surface area contributed by atoms with Crippen LogP contribution in [0.5, 0.6) is 0 Å². The molecule has 0 aliphatic carbocycles. The zero-order valence-corrected chi connectivity index (χ0v) is 15.5. The Bertz CT molecular complexity index is 676. The largest absolute Gasteiger partial charge is 0.448 e. The molecule has 2 rings (SSSR count). The molecule has 0 bridgehead atoms. The summed E-state index contributed by atoms with van der Waals surface area (Å²) in [7, 11) is 0. The van der Waals surface area contributed by atoms with Crippen LogP contribution in [0.4, 0.5) is 0 Å². The number of nitrogens with one attached hydrogen (secondary N) is 1. The van der Waals surface area contributed by atoms with Crippen LogP contribution in [0.1, 0.15) is 39.2 Å². The van der Waals surface area contributed by atoms with Crippen LogP contribution in [0.15, 0.2) is 36.0 Å². The minimum Gasteiger partial charge on any atom is -0.448 e. The van der Waals surface area contributed by atoms with E-state index in [4.69, 9.17) is 4.74 Å². The predicted molar refractivity (Wildman–Crippen MR) is 98.8 cm³/mol. The number of carbonyl (C=O) groups excluding carboxylic acids is 3. The van der Waals surface area contributed by atoms with E-state index in [0.29, 0.717) is 19.0 Å². The lowest BCUT2D eigenvalue weighted by Gasteiger charge is -2.32. The lowest BCUT2D eigenvalue weighted by molar-refractivity contribution is -0.157. The molecule has 1 saturated heterocycles. The summed E-state index contributed by atoms with van der Waals surface area (Å²) >= 11 is 0. The second-order valence-electron chi connectivity index (χ2n) is 6.71. The first-order valence-corrected chi connectivity index (χ1v) is 8.91. The number of esters is 1. The highest BCUT2D eigenvalue weighted by Crippen LogP contribution is 2.17. The van der Waals surface area contributed by atoms with E-state index >= 15 is 0 Å². The molecule has 0 radical (unpaired) electrons. The number of nitrogens with zero attached hydrogens (tertiary/aromatic N) is 1. The van der Waals surface area contributed by atoms with Crippen LogP contribution >= 0.6 is 0 Å². The summed E-state index contributed by atoms with van der Waals surface area (Å²) in [5, 5.41) is 2.48. The Labute approximate surface area is 154 Å². The molecule has 6 heteroatoms. The quantitative estimate of drug-likeness (QED) is 0.648. The maximum atomic E-state index is 12.5. The summed E-state index contributed by atoms with van der Waals surface area (Å²) in [6.45, 7) is 6.40. The van der Waals surface area contributed by atoms with E-state index in [1.165, 1.54) is 13.0 Å². The van der Waals surface area contributed by atoms with Gasteiger partial charge in [0.15, 0.2) is 6.10 Å². The van der Waals surface area contributed by atoms with Gasteiger partial charge >= 0.3 is 5.97 Å². The van der Waals surface area contributed by atoms with Crippen LogP contribution in [0, 0.1) is 5.92 Å². The molecular formula is C20H26N2O4. The van der Waals surface area contributed by atoms with Crippen molar-refractivity contribution < 1.29 is 19.1 Å². The Balaban J connectivity index is 2.05. The fourth-order valence-electron chi connectivity index (χ4n) is 2.81. The Kier molecular flexibility index (Phi) is 6.95. The number of likely N-dealkylation sites (tertiary alicyclic amines) is 1. The minimum absolute atomic E-state index is 0.00983. The number of ether oxygens (including phenoxy) is 1. The molecule has 1 aromatic rings. The molecule has 26 heavy (non-hydrogen) atoms. The summed E-state index contributed by atoms with van der Waals surface area (Å²) in [5.74, 6) is -0.701. The van der Waals surface area contributed by atoms with Crippen LogP contribution in [0.2, 0.25) is 0 Å². The third kappa shape index (κ3) is 5.72. The number of hydrogen-bond acceptors (Lipinski definition) is 4. The molecule has 1 aliphatic heterocycles. The van der Waals surface area contributed by atoms with Crippen LogP contribution in [-0.2, 0) is 19.1 Å². The molecule has 0 aromatic heterocycles. The highest BCUT2D eigenvalue weighted by molar-refractivity contribution is 5.98. The Morgan fingerprint density at radius 1 is 1.19 bits per heavy atom. The van der Waals surface area contributed by atoms with Gasteiger partial charge in [0.2, 0.25) is 5.91 Å². The Morgan fingerprint density at radius 2 is 1.81 bits per heavy atom. The first-order valence-electron chi connectivity index (χ1n) is 8.91. The molecule has 1 atom stereocenters. The van der Waals surface area contributed by atoms with Gasteiger partial charge in [0.05, 0.1) is 0 Å². The van der Waals surface area contributed by atoms with E-state index in [9.17, 15) is 14.4 Å². The normalized spacial score (nSPS) is 16.7. The Hall–Kier alpha value is -2.63. The lowest BCUT2D eigenvalue weighted by atomic mass is 9.99. The van der Waals surface area contributed by atoms with Gasteiger partial charge in [0.25, 0.3) is 5.91 Å². The summed E-state index contributed by atoms with van der Waals surface area (Å²) in [6, 6.07) is 9.11. The summed E-state index contributed by atoms with van der Waals surface area (Å²) in [4.78, 5) is 38.1. The van der Waals surface area contributed by atoms with Crippen molar-refractivity contribution in [1.82, 2.24) is 10.2 Å². The van der Waals surface area contributed by atoms with Gasteiger partial charge in [0.1, 0.15) is 5.70 Å². The van der Waals surface area contributed by atoms with Gasteiger partial charge in [-0.05, 0) is 37.3 Å². The average molecular weight is 358 g/mol. The second-order valence-corrected chi connectivity index (χ2v) is 6.71. The van der Waals surface area contributed by atoms with E-state index in [1.807, 2.05) is 18.2 Å². The van der Waals surface area contributed by atoms with Crippen molar-refractivity contribution >= 4 is 23.9 Å². The predicted octanol–water partition coefficient (Wildman–Crippen LogP) is 2.35. The topological polar surface area (TPSA) is 75.7 Å². The van der Waals surface area contributed by atoms with Crippen LogP contribution in [0.3, 0.4) is 0 Å². The summed E-state index contributed by atoms with van der Waals surface area (Å²) in [5.41, 5.74) is 0.757. The molecule has 0 saturated carbocycles. The van der Waals surface area contributed by atoms with E-state index in [0.717, 1.165) is 18.4 Å². The van der Waals surface area contributed by atoms with E-state index in [1.54, 1.807) is 24.0 Å². The van der Waals surface area contributed by atoms with Gasteiger partial charge in [0, 0.05) is 20.0 Å². The van der Waals surface area contributed by atoms with Crippen LogP contribution < -0.4 is 5.32 Å². The minimum atomic E-state index is -0.899. The van der Waals surface area contributed by atoms with Crippen molar-refractivity contribution in [3.8, 4) is 0 Å². The number of amides is 2. The number of hydrogen-bond donors (Lipinski definition) is 1. The lowest BCUT2D eigenvalue weighted by Crippen LogP contribution is -2.44. The van der Waals surface area contributed by atoms with E-state index < -0.39 is 12.1 Å². The number of carbonyl (C=O) groups is 3. The molecule has 1 fully saturated rings. The number of rotatable bonds is 5. The summed E-state index contributed by atoms with van der Waals surface area (Å²) < 4.78 is 5.31. The fraction of sp³-hybridized carbons (Fsp3) is 0.450. The van der Waals surface area contributed by atoms with Crippen molar-refractivity contribution in [3.05, 3.63) is 41.6 Å². The zero-order valence-electron chi connectivity index (χ0n) is 15.5. The van der Waals surface area contributed by atoms with Gasteiger partial charge in [-0.3, -0.25) is 9.59 Å². The van der Waals surface area contributed by atoms with Crippen molar-refractivity contribution in [1.29, 1.82) is 0 Å². The monoisotopic (exact) mass is 358 g/mol. The third-order valence-corrected chi connectivity index (χ3v) is 4.37. The SMILES string of the molecule is CC(=O)N/C(=C\c1ccccc1)C(=O)O[C@@H](C)C(=O)N1CCC(C)CC1. The van der Waals surface area contributed by atoms with Crippen molar-refractivity contribution in [2.24, 2.45) is 5.92 Å². The molecule has 1 heterocycles. The first-order chi connectivity index (χ1) is 12.4. The molecule has 1 N–H and O–H groups in total. The molecule has 1 aromatic carbocycles. The van der Waals surface area contributed by atoms with Gasteiger partial charge in [-0.2, -0.15) is 0 Å². The Morgan fingerprint density at radius 3 is 2.38 bits per heavy atom. The van der Waals surface area contributed by atoms with E-state index in [2.05, 4.69) is 12.2 Å². The third-order valence-electron chi connectivity index (χ3n) is 4.37. The van der Waals surface area contributed by atoms with Crippen LogP contribution in [-0.4, -0.2) is 41.9 Å². The molecule has 0 unspecified atom stereocenters. The smallest absolute Gasteiger partial charge is 0.355 e. The van der Waals surface area contributed by atoms with Gasteiger partial charge in [-0.1, -0.05) is 37.3 Å². The maximum absolute atomic E-state index is 12.5. The van der Waals surface area contributed by atoms with Crippen molar-refractivity contribution in [2.75, 3.05) is 13.1 Å². The fourth-order valence-corrected chi connectivity index (χ4v) is 2.81. The molecule has 140 valence electrons. The van der Waals surface area contributed by atoms with Gasteiger partial charge in [-0.15, -0.1) is 0 Å².